The van der Waals surface area contributed by atoms with E-state index in [1.54, 1.807) is 0 Å². The van der Waals surface area contributed by atoms with Crippen molar-refractivity contribution in [2.45, 2.75) is 26.3 Å². The van der Waals surface area contributed by atoms with Crippen LogP contribution in [0.2, 0.25) is 0 Å². The van der Waals surface area contributed by atoms with E-state index in [9.17, 15) is 0 Å². The zero-order valence-corrected chi connectivity index (χ0v) is 9.72. The van der Waals surface area contributed by atoms with E-state index >= 15 is 0 Å². The lowest BCUT2D eigenvalue weighted by molar-refractivity contribution is 0.486. The molecule has 0 saturated carbocycles. The molecule has 2 aromatic rings. The Labute approximate surface area is 95.7 Å². The smallest absolute Gasteiger partial charge is 0.0890 e. The minimum Gasteiger partial charge on any atom is -0.327 e. The molecule has 0 aliphatic rings. The van der Waals surface area contributed by atoms with Gasteiger partial charge in [-0.1, -0.05) is 26.0 Å². The molecule has 0 amide bonds. The van der Waals surface area contributed by atoms with E-state index in [1.807, 2.05) is 30.5 Å². The van der Waals surface area contributed by atoms with Crippen molar-refractivity contribution >= 4 is 11.0 Å². The Hall–Kier alpha value is -1.48. The summed E-state index contributed by atoms with van der Waals surface area (Å²) in [6, 6.07) is 8.04. The van der Waals surface area contributed by atoms with Gasteiger partial charge in [0.1, 0.15) is 0 Å². The second-order valence-electron chi connectivity index (χ2n) is 4.46. The van der Waals surface area contributed by atoms with Crippen molar-refractivity contribution in [3.8, 4) is 0 Å². The fourth-order valence-electron chi connectivity index (χ4n) is 1.57. The first kappa shape index (κ1) is 11.0. The van der Waals surface area contributed by atoms with Crippen LogP contribution in [0, 0.1) is 5.92 Å². The molecule has 0 aliphatic heterocycles. The molecular formula is C13H17N3. The number of nitrogens with zero attached hydrogens (tertiary/aromatic N) is 2. The lowest BCUT2D eigenvalue weighted by Crippen LogP contribution is -2.29. The fraction of sp³-hybridized carbons (Fsp3) is 0.385. The van der Waals surface area contributed by atoms with Crippen molar-refractivity contribution in [3.63, 3.8) is 0 Å². The van der Waals surface area contributed by atoms with E-state index in [4.69, 9.17) is 5.73 Å². The van der Waals surface area contributed by atoms with Crippen LogP contribution in [0.5, 0.6) is 0 Å². The standard InChI is InChI=1S/C13H17N3/c1-9(2)11(14)7-10-8-15-12-5-3-4-6-13(12)16-10/h3-6,8-9,11H,7,14H2,1-2H3. The van der Waals surface area contributed by atoms with Crippen LogP contribution < -0.4 is 5.73 Å². The van der Waals surface area contributed by atoms with E-state index in [-0.39, 0.29) is 6.04 Å². The van der Waals surface area contributed by atoms with Gasteiger partial charge in [-0.15, -0.1) is 0 Å². The molecule has 2 rings (SSSR count). The second-order valence-corrected chi connectivity index (χ2v) is 4.46. The number of rotatable bonds is 3. The highest BCUT2D eigenvalue weighted by Crippen LogP contribution is 2.11. The molecule has 0 bridgehead atoms. The van der Waals surface area contributed by atoms with E-state index in [0.29, 0.717) is 5.92 Å². The van der Waals surface area contributed by atoms with E-state index in [0.717, 1.165) is 23.1 Å². The quantitative estimate of drug-likeness (QED) is 0.853. The van der Waals surface area contributed by atoms with Gasteiger partial charge in [0.2, 0.25) is 0 Å². The molecule has 3 nitrogen and oxygen atoms in total. The highest BCUT2D eigenvalue weighted by Gasteiger charge is 2.09. The maximum absolute atomic E-state index is 6.02. The molecule has 0 fully saturated rings. The van der Waals surface area contributed by atoms with Crippen molar-refractivity contribution in [1.82, 2.24) is 9.97 Å². The van der Waals surface area contributed by atoms with Gasteiger partial charge in [0.25, 0.3) is 0 Å². The Bertz CT molecular complexity index is 479. The number of hydrogen-bond donors (Lipinski definition) is 1. The third kappa shape index (κ3) is 2.36. The average molecular weight is 215 g/mol. The van der Waals surface area contributed by atoms with Gasteiger partial charge in [-0.25, -0.2) is 4.98 Å². The summed E-state index contributed by atoms with van der Waals surface area (Å²) >= 11 is 0. The summed E-state index contributed by atoms with van der Waals surface area (Å²) in [5.74, 6) is 0.466. The molecule has 16 heavy (non-hydrogen) atoms. The number of fused-ring (bicyclic) bond motifs is 1. The van der Waals surface area contributed by atoms with Crippen LogP contribution in [0.1, 0.15) is 19.5 Å². The topological polar surface area (TPSA) is 51.8 Å². The summed E-state index contributed by atoms with van der Waals surface area (Å²) in [7, 11) is 0. The van der Waals surface area contributed by atoms with Crippen molar-refractivity contribution in [2.75, 3.05) is 0 Å². The summed E-state index contributed by atoms with van der Waals surface area (Å²) in [5, 5.41) is 0. The third-order valence-electron chi connectivity index (χ3n) is 2.80. The largest absolute Gasteiger partial charge is 0.327 e. The van der Waals surface area contributed by atoms with Gasteiger partial charge in [0.15, 0.2) is 0 Å². The first-order valence-electron chi connectivity index (χ1n) is 5.63. The fourth-order valence-corrected chi connectivity index (χ4v) is 1.57. The van der Waals surface area contributed by atoms with Crippen LogP contribution in [-0.2, 0) is 6.42 Å². The minimum atomic E-state index is 0.149. The lowest BCUT2D eigenvalue weighted by Gasteiger charge is -2.14. The molecule has 0 saturated heterocycles. The molecule has 0 spiro atoms. The van der Waals surface area contributed by atoms with Crippen LogP contribution in [0.25, 0.3) is 11.0 Å². The van der Waals surface area contributed by atoms with Crippen LogP contribution in [-0.4, -0.2) is 16.0 Å². The Balaban J connectivity index is 2.26. The van der Waals surface area contributed by atoms with Gasteiger partial charge in [0.05, 0.1) is 16.7 Å². The lowest BCUT2D eigenvalue weighted by atomic mass is 10.0. The van der Waals surface area contributed by atoms with Gasteiger partial charge in [0, 0.05) is 18.7 Å². The summed E-state index contributed by atoms with van der Waals surface area (Å²) in [5.41, 5.74) is 8.87. The van der Waals surface area contributed by atoms with Crippen molar-refractivity contribution in [3.05, 3.63) is 36.2 Å². The second kappa shape index (κ2) is 4.58. The molecule has 1 aromatic carbocycles. The van der Waals surface area contributed by atoms with Gasteiger partial charge in [-0.2, -0.15) is 0 Å². The molecule has 3 heteroatoms. The first-order chi connectivity index (χ1) is 7.66. The maximum Gasteiger partial charge on any atom is 0.0890 e. The first-order valence-corrected chi connectivity index (χ1v) is 5.63. The molecule has 0 radical (unpaired) electrons. The molecule has 84 valence electrons. The summed E-state index contributed by atoms with van der Waals surface area (Å²) in [6.45, 7) is 4.25. The molecule has 1 unspecified atom stereocenters. The third-order valence-corrected chi connectivity index (χ3v) is 2.80. The van der Waals surface area contributed by atoms with Crippen molar-refractivity contribution in [1.29, 1.82) is 0 Å². The van der Waals surface area contributed by atoms with Crippen LogP contribution in [0.4, 0.5) is 0 Å². The molecule has 1 aromatic heterocycles. The predicted molar refractivity (Wildman–Crippen MR) is 66.1 cm³/mol. The number of nitrogens with two attached hydrogens (primary N) is 1. The van der Waals surface area contributed by atoms with E-state index < -0.39 is 0 Å². The monoisotopic (exact) mass is 215 g/mol. The minimum absolute atomic E-state index is 0.149. The number of benzene rings is 1. The van der Waals surface area contributed by atoms with E-state index in [1.165, 1.54) is 0 Å². The van der Waals surface area contributed by atoms with Crippen molar-refractivity contribution in [2.24, 2.45) is 11.7 Å². The zero-order valence-electron chi connectivity index (χ0n) is 9.72. The summed E-state index contributed by atoms with van der Waals surface area (Å²) in [6.07, 6.45) is 2.61. The Morgan fingerprint density at radius 3 is 2.56 bits per heavy atom. The van der Waals surface area contributed by atoms with Gasteiger partial charge < -0.3 is 5.73 Å². The van der Waals surface area contributed by atoms with Crippen LogP contribution in [0.3, 0.4) is 0 Å². The summed E-state index contributed by atoms with van der Waals surface area (Å²) < 4.78 is 0. The maximum atomic E-state index is 6.02. The van der Waals surface area contributed by atoms with Gasteiger partial charge in [-0.05, 0) is 18.1 Å². The van der Waals surface area contributed by atoms with Crippen molar-refractivity contribution < 1.29 is 0 Å². The zero-order chi connectivity index (χ0) is 11.5. The molecular weight excluding hydrogens is 198 g/mol. The Morgan fingerprint density at radius 1 is 1.19 bits per heavy atom. The van der Waals surface area contributed by atoms with Gasteiger partial charge >= 0.3 is 0 Å². The highest BCUT2D eigenvalue weighted by molar-refractivity contribution is 5.73. The summed E-state index contributed by atoms with van der Waals surface area (Å²) in [4.78, 5) is 8.93. The Morgan fingerprint density at radius 2 is 1.88 bits per heavy atom. The number of hydrogen-bond acceptors (Lipinski definition) is 3. The average Bonchev–Trinajstić information content (AvgIpc) is 2.28. The molecule has 2 N–H and O–H groups in total. The Kier molecular flexibility index (Phi) is 3.15. The molecule has 1 heterocycles. The highest BCUT2D eigenvalue weighted by atomic mass is 14.8. The number of aromatic nitrogens is 2. The van der Waals surface area contributed by atoms with Crippen LogP contribution in [0.15, 0.2) is 30.5 Å². The normalized spacial score (nSPS) is 13.2. The predicted octanol–water partition coefficient (Wildman–Crippen LogP) is 2.16. The van der Waals surface area contributed by atoms with E-state index in [2.05, 4.69) is 23.8 Å². The molecule has 0 aliphatic carbocycles. The number of para-hydroxylation sites is 2. The van der Waals surface area contributed by atoms with Crippen LogP contribution >= 0.6 is 0 Å². The molecule has 1 atom stereocenters. The SMILES string of the molecule is CC(C)C(N)Cc1cnc2ccccc2n1. The van der Waals surface area contributed by atoms with Gasteiger partial charge in [-0.3, -0.25) is 4.98 Å².